The molecular weight excluding hydrogens is 427 g/mol. The maximum atomic E-state index is 13.6. The Balaban J connectivity index is 1.42. The first-order chi connectivity index (χ1) is 16.5. The van der Waals surface area contributed by atoms with Crippen molar-refractivity contribution in [1.29, 1.82) is 0 Å². The molecule has 1 amide bonds. The lowest BCUT2D eigenvalue weighted by Crippen LogP contribution is -2.45. The van der Waals surface area contributed by atoms with Crippen molar-refractivity contribution in [3.63, 3.8) is 0 Å². The Bertz CT molecular complexity index is 1260. The summed E-state index contributed by atoms with van der Waals surface area (Å²) in [5, 5.41) is 0. The van der Waals surface area contributed by atoms with Crippen molar-refractivity contribution in [2.45, 2.75) is 32.6 Å². The minimum absolute atomic E-state index is 0.0271. The van der Waals surface area contributed by atoms with Gasteiger partial charge in [-0.15, -0.1) is 0 Å². The van der Waals surface area contributed by atoms with Gasteiger partial charge in [-0.25, -0.2) is 14.4 Å². The molecule has 34 heavy (non-hydrogen) atoms. The molecule has 0 unspecified atom stereocenters. The number of rotatable bonds is 3. The molecule has 172 valence electrons. The third-order valence-corrected chi connectivity index (χ3v) is 7.40. The van der Waals surface area contributed by atoms with E-state index in [4.69, 9.17) is 0 Å². The largest absolute Gasteiger partial charge is 0.339 e. The molecule has 2 aliphatic rings. The van der Waals surface area contributed by atoms with Crippen LogP contribution in [0.2, 0.25) is 0 Å². The van der Waals surface area contributed by atoms with E-state index in [1.165, 1.54) is 17.5 Å². The van der Waals surface area contributed by atoms with Gasteiger partial charge in [0.05, 0.1) is 11.3 Å². The van der Waals surface area contributed by atoms with Crippen LogP contribution in [-0.4, -0.2) is 38.8 Å². The third kappa shape index (κ3) is 3.73. The van der Waals surface area contributed by atoms with Crippen LogP contribution in [0.15, 0.2) is 84.5 Å². The molecule has 0 bridgehead atoms. The zero-order valence-electron chi connectivity index (χ0n) is 19.4. The SMILES string of the molecule is C/C=C1/C=C(C)C2(CCN(C(=O)c3cccnc3-c3ccncn3)CC2)[C@@H]1c1ccc(F)cc1. The molecule has 5 rings (SSSR count). The van der Waals surface area contributed by atoms with Crippen molar-refractivity contribution in [3.8, 4) is 11.4 Å². The van der Waals surface area contributed by atoms with Crippen molar-refractivity contribution in [3.05, 3.63) is 101 Å². The number of piperidine rings is 1. The highest BCUT2D eigenvalue weighted by atomic mass is 19.1. The van der Waals surface area contributed by atoms with Gasteiger partial charge in [-0.3, -0.25) is 9.78 Å². The fourth-order valence-corrected chi connectivity index (χ4v) is 5.62. The number of amides is 1. The average Bonchev–Trinajstić information content (AvgIpc) is 3.16. The fraction of sp³-hybridized carbons (Fsp3) is 0.286. The Hall–Kier alpha value is -3.67. The molecule has 3 heterocycles. The summed E-state index contributed by atoms with van der Waals surface area (Å²) in [7, 11) is 0. The van der Waals surface area contributed by atoms with Crippen LogP contribution < -0.4 is 0 Å². The molecule has 3 aromatic rings. The summed E-state index contributed by atoms with van der Waals surface area (Å²) in [6.07, 6.45) is 10.9. The fourth-order valence-electron chi connectivity index (χ4n) is 5.62. The van der Waals surface area contributed by atoms with E-state index in [0.29, 0.717) is 30.0 Å². The first-order valence-electron chi connectivity index (χ1n) is 11.6. The van der Waals surface area contributed by atoms with Gasteiger partial charge in [-0.1, -0.05) is 29.9 Å². The number of hydrogen-bond donors (Lipinski definition) is 0. The van der Waals surface area contributed by atoms with Crippen molar-refractivity contribution in [1.82, 2.24) is 19.9 Å². The van der Waals surface area contributed by atoms with E-state index in [2.05, 4.69) is 41.0 Å². The number of benzene rings is 1. The minimum Gasteiger partial charge on any atom is -0.339 e. The number of nitrogens with zero attached hydrogens (tertiary/aromatic N) is 4. The summed E-state index contributed by atoms with van der Waals surface area (Å²) >= 11 is 0. The maximum Gasteiger partial charge on any atom is 0.256 e. The minimum atomic E-state index is -0.223. The van der Waals surface area contributed by atoms with Crippen LogP contribution in [-0.2, 0) is 0 Å². The van der Waals surface area contributed by atoms with Crippen LogP contribution in [0.1, 0.15) is 48.5 Å². The number of aromatic nitrogens is 3. The van der Waals surface area contributed by atoms with Crippen molar-refractivity contribution >= 4 is 5.91 Å². The zero-order chi connectivity index (χ0) is 23.7. The van der Waals surface area contributed by atoms with Gasteiger partial charge in [0.15, 0.2) is 0 Å². The number of allylic oxidation sites excluding steroid dienone is 4. The Morgan fingerprint density at radius 3 is 2.53 bits per heavy atom. The second-order valence-corrected chi connectivity index (χ2v) is 9.04. The molecule has 1 atom stereocenters. The smallest absolute Gasteiger partial charge is 0.256 e. The topological polar surface area (TPSA) is 59.0 Å². The van der Waals surface area contributed by atoms with Crippen LogP contribution in [0.3, 0.4) is 0 Å². The second-order valence-electron chi connectivity index (χ2n) is 9.04. The maximum absolute atomic E-state index is 13.6. The summed E-state index contributed by atoms with van der Waals surface area (Å²) in [5.41, 5.74) is 5.43. The first kappa shape index (κ1) is 22.1. The Labute approximate surface area is 199 Å². The van der Waals surface area contributed by atoms with Gasteiger partial charge in [-0.2, -0.15) is 0 Å². The summed E-state index contributed by atoms with van der Waals surface area (Å²) in [6.45, 7) is 5.55. The Morgan fingerprint density at radius 2 is 1.85 bits per heavy atom. The predicted octanol–water partition coefficient (Wildman–Crippen LogP) is 5.59. The van der Waals surface area contributed by atoms with E-state index < -0.39 is 0 Å². The normalized spacial score (nSPS) is 20.6. The molecule has 0 saturated carbocycles. The van der Waals surface area contributed by atoms with E-state index in [9.17, 15) is 9.18 Å². The molecule has 1 fully saturated rings. The van der Waals surface area contributed by atoms with Gasteiger partial charge in [0.25, 0.3) is 5.91 Å². The lowest BCUT2D eigenvalue weighted by atomic mass is 9.64. The molecule has 5 nitrogen and oxygen atoms in total. The molecule has 0 radical (unpaired) electrons. The highest BCUT2D eigenvalue weighted by Gasteiger charge is 2.48. The number of carbonyl (C=O) groups is 1. The Kier molecular flexibility index (Phi) is 5.82. The van der Waals surface area contributed by atoms with Crippen molar-refractivity contribution in [2.75, 3.05) is 13.1 Å². The van der Waals surface area contributed by atoms with Crippen LogP contribution >= 0.6 is 0 Å². The molecule has 1 aromatic carbocycles. The predicted molar refractivity (Wildman–Crippen MR) is 129 cm³/mol. The average molecular weight is 455 g/mol. The molecule has 1 aliphatic heterocycles. The lowest BCUT2D eigenvalue weighted by Gasteiger charge is -2.45. The van der Waals surface area contributed by atoms with Gasteiger partial charge in [0.1, 0.15) is 17.8 Å². The highest BCUT2D eigenvalue weighted by molar-refractivity contribution is 5.99. The molecular formula is C28H27FN4O. The number of halogens is 1. The third-order valence-electron chi connectivity index (χ3n) is 7.40. The van der Waals surface area contributed by atoms with Gasteiger partial charge in [-0.05, 0) is 68.2 Å². The number of pyridine rings is 1. The summed E-state index contributed by atoms with van der Waals surface area (Å²) < 4.78 is 13.6. The molecule has 1 aliphatic carbocycles. The van der Waals surface area contributed by atoms with Crippen LogP contribution in [0.25, 0.3) is 11.4 Å². The molecule has 0 N–H and O–H groups in total. The van der Waals surface area contributed by atoms with E-state index in [0.717, 1.165) is 18.4 Å². The summed E-state index contributed by atoms with van der Waals surface area (Å²) in [4.78, 5) is 28.2. The van der Waals surface area contributed by atoms with Crippen LogP contribution in [0.5, 0.6) is 0 Å². The van der Waals surface area contributed by atoms with Gasteiger partial charge < -0.3 is 4.90 Å². The molecule has 1 spiro atoms. The number of likely N-dealkylation sites (tertiary alicyclic amines) is 1. The highest BCUT2D eigenvalue weighted by Crippen LogP contribution is 2.57. The van der Waals surface area contributed by atoms with Crippen LogP contribution in [0.4, 0.5) is 4.39 Å². The van der Waals surface area contributed by atoms with Crippen LogP contribution in [0, 0.1) is 11.2 Å². The van der Waals surface area contributed by atoms with E-state index >= 15 is 0 Å². The molecule has 2 aromatic heterocycles. The molecule has 1 saturated heterocycles. The monoisotopic (exact) mass is 454 g/mol. The Morgan fingerprint density at radius 1 is 1.09 bits per heavy atom. The van der Waals surface area contributed by atoms with E-state index in [1.54, 1.807) is 36.7 Å². The standard InChI is InChI=1S/C28H27FN4O/c1-3-20-17-19(2)28(25(20)21-6-8-22(29)9-7-21)11-15-33(16-12-28)27(34)23-5-4-13-31-26(23)24-10-14-30-18-32-24/h3-10,13-14,17-18,25H,11-12,15-16H2,1-2H3/b20-3-/t25-/m0/s1. The summed E-state index contributed by atoms with van der Waals surface area (Å²) in [5.74, 6) is -0.0787. The number of carbonyl (C=O) groups excluding carboxylic acids is 1. The first-order valence-corrected chi connectivity index (χ1v) is 11.6. The van der Waals surface area contributed by atoms with Gasteiger partial charge >= 0.3 is 0 Å². The second kappa shape index (κ2) is 8.93. The van der Waals surface area contributed by atoms with Crippen molar-refractivity contribution < 1.29 is 9.18 Å². The van der Waals surface area contributed by atoms with E-state index in [1.807, 2.05) is 23.1 Å². The van der Waals surface area contributed by atoms with Crippen molar-refractivity contribution in [2.24, 2.45) is 5.41 Å². The number of hydrogen-bond acceptors (Lipinski definition) is 4. The van der Waals surface area contributed by atoms with Gasteiger partial charge in [0.2, 0.25) is 0 Å². The summed E-state index contributed by atoms with van der Waals surface area (Å²) in [6, 6.07) is 12.3. The van der Waals surface area contributed by atoms with E-state index in [-0.39, 0.29) is 23.1 Å². The quantitative estimate of drug-likeness (QED) is 0.518. The molecule has 6 heteroatoms. The lowest BCUT2D eigenvalue weighted by molar-refractivity contribution is 0.0616. The zero-order valence-corrected chi connectivity index (χ0v) is 19.4. The van der Waals surface area contributed by atoms with Gasteiger partial charge in [0, 0.05) is 36.8 Å².